The van der Waals surface area contributed by atoms with Gasteiger partial charge < -0.3 is 15.0 Å². The Labute approximate surface area is 104 Å². The highest BCUT2D eigenvalue weighted by Gasteiger charge is 2.10. The molecular formula is C12H14N4O2. The van der Waals surface area contributed by atoms with E-state index in [1.54, 1.807) is 24.7 Å². The molecule has 2 aromatic heterocycles. The number of rotatable bonds is 5. The first-order valence-corrected chi connectivity index (χ1v) is 5.60. The van der Waals surface area contributed by atoms with Crippen LogP contribution in [0.2, 0.25) is 0 Å². The largest absolute Gasteiger partial charge is 0.487 e. The van der Waals surface area contributed by atoms with Gasteiger partial charge in [0.2, 0.25) is 0 Å². The number of pyridine rings is 1. The highest BCUT2D eigenvalue weighted by molar-refractivity contribution is 5.90. The molecule has 6 heteroatoms. The van der Waals surface area contributed by atoms with E-state index in [2.05, 4.69) is 20.3 Å². The molecule has 0 spiro atoms. The molecule has 18 heavy (non-hydrogen) atoms. The lowest BCUT2D eigenvalue weighted by molar-refractivity contribution is 0.0922. The average molecular weight is 246 g/mol. The van der Waals surface area contributed by atoms with Gasteiger partial charge in [0, 0.05) is 18.6 Å². The number of nitrogens with one attached hydrogen (secondary N) is 2. The lowest BCUT2D eigenvalue weighted by atomic mass is 10.3. The van der Waals surface area contributed by atoms with Crippen LogP contribution in [-0.2, 0) is 0 Å². The maximum Gasteiger partial charge on any atom is 0.287 e. The molecule has 1 amide bonds. The summed E-state index contributed by atoms with van der Waals surface area (Å²) in [6, 6.07) is 3.61. The Bertz CT molecular complexity index is 484. The highest BCUT2D eigenvalue weighted by Crippen LogP contribution is 2.08. The first kappa shape index (κ1) is 12.1. The Balaban J connectivity index is 1.78. The number of ether oxygens (including phenoxy) is 1. The first-order chi connectivity index (χ1) is 8.75. The van der Waals surface area contributed by atoms with Crippen LogP contribution in [0.4, 0.5) is 0 Å². The molecule has 0 aliphatic carbocycles. The Morgan fingerprint density at radius 1 is 1.56 bits per heavy atom. The lowest BCUT2D eigenvalue weighted by Gasteiger charge is -2.14. The second kappa shape index (κ2) is 5.81. The van der Waals surface area contributed by atoms with Crippen LogP contribution in [0.25, 0.3) is 0 Å². The molecule has 0 aliphatic heterocycles. The number of hydrogen-bond acceptors (Lipinski definition) is 4. The maximum atomic E-state index is 11.6. The number of nitrogens with zero attached hydrogens (tertiary/aromatic N) is 2. The molecule has 0 fully saturated rings. The van der Waals surface area contributed by atoms with E-state index in [0.29, 0.717) is 18.1 Å². The van der Waals surface area contributed by atoms with E-state index in [1.165, 1.54) is 6.20 Å². The number of carbonyl (C=O) groups excluding carboxylic acids is 1. The molecule has 1 atom stereocenters. The fraction of sp³-hybridized carbons (Fsp3) is 0.250. The van der Waals surface area contributed by atoms with Crippen LogP contribution in [0, 0.1) is 0 Å². The van der Waals surface area contributed by atoms with Crippen molar-refractivity contribution in [1.82, 2.24) is 20.3 Å². The zero-order chi connectivity index (χ0) is 12.8. The van der Waals surface area contributed by atoms with E-state index in [1.807, 2.05) is 13.0 Å². The van der Waals surface area contributed by atoms with Crippen LogP contribution in [0.1, 0.15) is 17.5 Å². The van der Waals surface area contributed by atoms with Gasteiger partial charge in [-0.2, -0.15) is 0 Å². The van der Waals surface area contributed by atoms with E-state index in [0.717, 1.165) is 0 Å². The third-order valence-corrected chi connectivity index (χ3v) is 2.24. The van der Waals surface area contributed by atoms with Crippen LogP contribution >= 0.6 is 0 Å². The zero-order valence-electron chi connectivity index (χ0n) is 9.96. The maximum absolute atomic E-state index is 11.6. The monoisotopic (exact) mass is 246 g/mol. The standard InChI is InChI=1S/C12H14N4O2/c1-9(18-10-3-2-4-13-8-10)7-16-12(17)11-14-5-6-15-11/h2-6,8-9H,7H2,1H3,(H,14,15)(H,16,17). The molecule has 0 aliphatic rings. The van der Waals surface area contributed by atoms with Crippen LogP contribution in [0.3, 0.4) is 0 Å². The highest BCUT2D eigenvalue weighted by atomic mass is 16.5. The third-order valence-electron chi connectivity index (χ3n) is 2.24. The molecule has 0 bridgehead atoms. The van der Waals surface area contributed by atoms with Gasteiger partial charge in [-0.1, -0.05) is 0 Å². The SMILES string of the molecule is CC(CNC(=O)c1ncc[nH]1)Oc1cccnc1. The zero-order valence-corrected chi connectivity index (χ0v) is 9.96. The number of aromatic nitrogens is 3. The normalized spacial score (nSPS) is 11.8. The predicted octanol–water partition coefficient (Wildman–Crippen LogP) is 1.00. The number of H-pyrrole nitrogens is 1. The van der Waals surface area contributed by atoms with Crippen molar-refractivity contribution in [3.63, 3.8) is 0 Å². The van der Waals surface area contributed by atoms with E-state index < -0.39 is 0 Å². The summed E-state index contributed by atoms with van der Waals surface area (Å²) in [5.41, 5.74) is 0. The summed E-state index contributed by atoms with van der Waals surface area (Å²) in [5, 5.41) is 2.73. The molecule has 0 saturated heterocycles. The molecule has 2 heterocycles. The van der Waals surface area contributed by atoms with E-state index in [-0.39, 0.29) is 12.0 Å². The number of aromatic amines is 1. The Kier molecular flexibility index (Phi) is 3.90. The fourth-order valence-electron chi connectivity index (χ4n) is 1.40. The quantitative estimate of drug-likeness (QED) is 0.824. The van der Waals surface area contributed by atoms with Gasteiger partial charge in [0.25, 0.3) is 5.91 Å². The molecule has 2 aromatic rings. The Hall–Kier alpha value is -2.37. The molecule has 0 aromatic carbocycles. The minimum Gasteiger partial charge on any atom is -0.487 e. The van der Waals surface area contributed by atoms with Gasteiger partial charge in [-0.05, 0) is 19.1 Å². The fourth-order valence-corrected chi connectivity index (χ4v) is 1.40. The van der Waals surface area contributed by atoms with Gasteiger partial charge in [-0.3, -0.25) is 9.78 Å². The van der Waals surface area contributed by atoms with Gasteiger partial charge >= 0.3 is 0 Å². The van der Waals surface area contributed by atoms with Crippen molar-refractivity contribution in [2.24, 2.45) is 0 Å². The summed E-state index contributed by atoms with van der Waals surface area (Å²) < 4.78 is 5.57. The Morgan fingerprint density at radius 2 is 2.44 bits per heavy atom. The lowest BCUT2D eigenvalue weighted by Crippen LogP contribution is -2.34. The van der Waals surface area contributed by atoms with Gasteiger partial charge in [0.05, 0.1) is 12.7 Å². The van der Waals surface area contributed by atoms with E-state index in [9.17, 15) is 4.79 Å². The van der Waals surface area contributed by atoms with E-state index >= 15 is 0 Å². The van der Waals surface area contributed by atoms with Gasteiger partial charge in [0.15, 0.2) is 5.82 Å². The Morgan fingerprint density at radius 3 is 3.11 bits per heavy atom. The number of amides is 1. The second-order valence-corrected chi connectivity index (χ2v) is 3.77. The summed E-state index contributed by atoms with van der Waals surface area (Å²) in [6.07, 6.45) is 6.30. The number of hydrogen-bond donors (Lipinski definition) is 2. The van der Waals surface area contributed by atoms with Crippen molar-refractivity contribution >= 4 is 5.91 Å². The molecule has 2 N–H and O–H groups in total. The summed E-state index contributed by atoms with van der Waals surface area (Å²) >= 11 is 0. The first-order valence-electron chi connectivity index (χ1n) is 5.60. The van der Waals surface area contributed by atoms with Crippen LogP contribution < -0.4 is 10.1 Å². The second-order valence-electron chi connectivity index (χ2n) is 3.77. The molecule has 2 rings (SSSR count). The van der Waals surface area contributed by atoms with Crippen molar-refractivity contribution in [3.05, 3.63) is 42.7 Å². The van der Waals surface area contributed by atoms with Gasteiger partial charge in [0.1, 0.15) is 11.9 Å². The third kappa shape index (κ3) is 3.31. The van der Waals surface area contributed by atoms with Crippen molar-refractivity contribution in [1.29, 1.82) is 0 Å². The number of imidazole rings is 1. The van der Waals surface area contributed by atoms with Crippen molar-refractivity contribution in [2.45, 2.75) is 13.0 Å². The minimum absolute atomic E-state index is 0.145. The van der Waals surface area contributed by atoms with Crippen molar-refractivity contribution in [3.8, 4) is 5.75 Å². The molecule has 6 nitrogen and oxygen atoms in total. The minimum atomic E-state index is -0.248. The summed E-state index contributed by atoms with van der Waals surface area (Å²) in [7, 11) is 0. The smallest absolute Gasteiger partial charge is 0.287 e. The molecule has 94 valence electrons. The predicted molar refractivity (Wildman–Crippen MR) is 65.2 cm³/mol. The van der Waals surface area contributed by atoms with Crippen molar-refractivity contribution in [2.75, 3.05) is 6.54 Å². The molecule has 0 saturated carbocycles. The summed E-state index contributed by atoms with van der Waals surface area (Å²) in [4.78, 5) is 22.1. The molecular weight excluding hydrogens is 232 g/mol. The topological polar surface area (TPSA) is 79.9 Å². The summed E-state index contributed by atoms with van der Waals surface area (Å²) in [5.74, 6) is 0.725. The van der Waals surface area contributed by atoms with E-state index in [4.69, 9.17) is 4.74 Å². The van der Waals surface area contributed by atoms with Crippen molar-refractivity contribution < 1.29 is 9.53 Å². The molecule has 1 unspecified atom stereocenters. The van der Waals surface area contributed by atoms with Crippen LogP contribution in [-0.4, -0.2) is 33.5 Å². The van der Waals surface area contributed by atoms with Crippen LogP contribution in [0.5, 0.6) is 5.75 Å². The van der Waals surface area contributed by atoms with Crippen LogP contribution in [0.15, 0.2) is 36.9 Å². The number of carbonyl (C=O) groups is 1. The summed E-state index contributed by atoms with van der Waals surface area (Å²) in [6.45, 7) is 2.27. The molecule has 0 radical (unpaired) electrons. The van der Waals surface area contributed by atoms with Gasteiger partial charge in [-0.25, -0.2) is 4.98 Å². The average Bonchev–Trinajstić information content (AvgIpc) is 2.91. The van der Waals surface area contributed by atoms with Gasteiger partial charge in [-0.15, -0.1) is 0 Å².